The van der Waals surface area contributed by atoms with Crippen molar-refractivity contribution in [2.24, 2.45) is 5.92 Å². The zero-order valence-corrected chi connectivity index (χ0v) is 8.72. The van der Waals surface area contributed by atoms with Gasteiger partial charge in [0.1, 0.15) is 0 Å². The summed E-state index contributed by atoms with van der Waals surface area (Å²) in [7, 11) is 0. The van der Waals surface area contributed by atoms with Crippen LogP contribution in [0.3, 0.4) is 0 Å². The number of allylic oxidation sites excluding steroid dienone is 5. The molecule has 0 fully saturated rings. The molecule has 0 aromatic carbocycles. The van der Waals surface area contributed by atoms with Gasteiger partial charge in [0.05, 0.1) is 0 Å². The summed E-state index contributed by atoms with van der Waals surface area (Å²) in [4.78, 5) is 0.862. The molecule has 0 spiro atoms. The fourth-order valence-electron chi connectivity index (χ4n) is 1.01. The average Bonchev–Trinajstić information content (AvgIpc) is 1.96. The minimum atomic E-state index is 0.141. The van der Waals surface area contributed by atoms with Crippen molar-refractivity contribution in [2.45, 2.75) is 6.42 Å². The molecule has 0 aromatic rings. The molecule has 12 heavy (non-hydrogen) atoms. The molecule has 64 valence electrons. The van der Waals surface area contributed by atoms with Gasteiger partial charge >= 0.3 is 0 Å². The van der Waals surface area contributed by atoms with Crippen molar-refractivity contribution in [2.75, 3.05) is 0 Å². The van der Waals surface area contributed by atoms with Crippen molar-refractivity contribution in [3.63, 3.8) is 0 Å². The van der Waals surface area contributed by atoms with Gasteiger partial charge in [0.15, 0.2) is 0 Å². The van der Waals surface area contributed by atoms with Crippen LogP contribution < -0.4 is 0 Å². The highest BCUT2D eigenvalue weighted by molar-refractivity contribution is 7.80. The fraction of sp³-hybridized carbons (Fsp3) is 0.222. The van der Waals surface area contributed by atoms with E-state index in [1.165, 1.54) is 0 Å². The molecule has 0 heterocycles. The van der Waals surface area contributed by atoms with Crippen molar-refractivity contribution >= 4 is 40.3 Å². The van der Waals surface area contributed by atoms with E-state index in [0.717, 1.165) is 4.86 Å². The van der Waals surface area contributed by atoms with Crippen LogP contribution in [0.4, 0.5) is 0 Å². The van der Waals surface area contributed by atoms with Gasteiger partial charge in [-0.2, -0.15) is 0 Å². The number of hydrogen-bond acceptors (Lipinski definition) is 1. The van der Waals surface area contributed by atoms with Gasteiger partial charge in [-0.3, -0.25) is 0 Å². The molecule has 0 bridgehead atoms. The van der Waals surface area contributed by atoms with E-state index in [9.17, 15) is 0 Å². The third-order valence-electron chi connectivity index (χ3n) is 1.57. The van der Waals surface area contributed by atoms with E-state index in [1.807, 2.05) is 12.2 Å². The van der Waals surface area contributed by atoms with Gasteiger partial charge in [-0.15, -0.1) is 0 Å². The van der Waals surface area contributed by atoms with Crippen molar-refractivity contribution < 1.29 is 0 Å². The highest BCUT2D eigenvalue weighted by Crippen LogP contribution is 2.24. The number of halogens is 2. The maximum Gasteiger partial charge on any atom is 0.0373 e. The Morgan fingerprint density at radius 3 is 2.83 bits per heavy atom. The zero-order valence-electron chi connectivity index (χ0n) is 6.39. The second kappa shape index (κ2) is 4.22. The molecule has 0 nitrogen and oxygen atoms in total. The van der Waals surface area contributed by atoms with E-state index in [-0.39, 0.29) is 5.92 Å². The highest BCUT2D eigenvalue weighted by atomic mass is 35.5. The lowest BCUT2D eigenvalue weighted by Crippen LogP contribution is -2.10. The standard InChI is InChI=1S/C9H8Cl2S/c1-6(10)4-7-5-8(11)2-3-9(7)12/h2-3,5,7H,1,4H2. The number of thiocarbonyl (C=S) groups is 1. The molecule has 1 rings (SSSR count). The molecule has 3 heteroatoms. The Hall–Kier alpha value is -0.110. The first-order valence-corrected chi connectivity index (χ1v) is 4.68. The Kier molecular flexibility index (Phi) is 3.51. The molecular weight excluding hydrogens is 211 g/mol. The fourth-order valence-corrected chi connectivity index (χ4v) is 1.61. The summed E-state index contributed by atoms with van der Waals surface area (Å²) >= 11 is 16.6. The third kappa shape index (κ3) is 2.74. The summed E-state index contributed by atoms with van der Waals surface area (Å²) in [5.74, 6) is 0.141. The smallest absolute Gasteiger partial charge is 0.0373 e. The van der Waals surface area contributed by atoms with Gasteiger partial charge < -0.3 is 0 Å². The summed E-state index contributed by atoms with van der Waals surface area (Å²) in [6, 6.07) is 0. The molecule has 0 aromatic heterocycles. The van der Waals surface area contributed by atoms with Crippen LogP contribution in [0.15, 0.2) is 34.9 Å². The molecule has 0 saturated carbocycles. The lowest BCUT2D eigenvalue weighted by Gasteiger charge is -2.14. The lowest BCUT2D eigenvalue weighted by atomic mass is 9.97. The predicted octanol–water partition coefficient (Wildman–Crippen LogP) is 3.81. The minimum Gasteiger partial charge on any atom is -0.0898 e. The quantitative estimate of drug-likeness (QED) is 0.636. The SMILES string of the molecule is C=C(Cl)CC1C=C(Cl)C=CC1=S. The lowest BCUT2D eigenvalue weighted by molar-refractivity contribution is 0.881. The molecular formula is C9H8Cl2S. The van der Waals surface area contributed by atoms with E-state index < -0.39 is 0 Å². The molecule has 1 aliphatic carbocycles. The van der Waals surface area contributed by atoms with Crippen LogP contribution in [0.25, 0.3) is 0 Å². The first kappa shape index (κ1) is 9.97. The molecule has 0 radical (unpaired) electrons. The summed E-state index contributed by atoms with van der Waals surface area (Å²) in [5.41, 5.74) is 0. The largest absolute Gasteiger partial charge is 0.0898 e. The normalized spacial score (nSPS) is 22.3. The van der Waals surface area contributed by atoms with Crippen LogP contribution in [0.1, 0.15) is 6.42 Å². The molecule has 0 N–H and O–H groups in total. The maximum atomic E-state index is 5.80. The van der Waals surface area contributed by atoms with Gasteiger partial charge in [0.2, 0.25) is 0 Å². The second-order valence-corrected chi connectivity index (χ2v) is 4.06. The summed E-state index contributed by atoms with van der Waals surface area (Å²) in [5, 5.41) is 1.32. The molecule has 1 aliphatic rings. The predicted molar refractivity (Wildman–Crippen MR) is 58.8 cm³/mol. The van der Waals surface area contributed by atoms with Crippen LogP contribution >= 0.6 is 35.4 Å². The topological polar surface area (TPSA) is 0 Å². The average molecular weight is 219 g/mol. The Bertz CT molecular complexity index is 276. The summed E-state index contributed by atoms with van der Waals surface area (Å²) in [6.07, 6.45) is 6.19. The van der Waals surface area contributed by atoms with E-state index in [4.69, 9.17) is 35.4 Å². The van der Waals surface area contributed by atoms with Gasteiger partial charge in [0, 0.05) is 20.8 Å². The van der Waals surface area contributed by atoms with E-state index >= 15 is 0 Å². The van der Waals surface area contributed by atoms with Gasteiger partial charge in [0.25, 0.3) is 0 Å². The molecule has 0 saturated heterocycles. The molecule has 1 atom stereocenters. The Labute approximate surface area is 87.5 Å². The zero-order chi connectivity index (χ0) is 9.14. The molecule has 0 aliphatic heterocycles. The summed E-state index contributed by atoms with van der Waals surface area (Å²) < 4.78 is 0. The van der Waals surface area contributed by atoms with Crippen LogP contribution in [0.2, 0.25) is 0 Å². The highest BCUT2D eigenvalue weighted by Gasteiger charge is 2.14. The van der Waals surface area contributed by atoms with Crippen molar-refractivity contribution in [3.8, 4) is 0 Å². The Balaban J connectivity index is 2.71. The van der Waals surface area contributed by atoms with Crippen LogP contribution in [-0.4, -0.2) is 4.86 Å². The maximum absolute atomic E-state index is 5.80. The minimum absolute atomic E-state index is 0.141. The van der Waals surface area contributed by atoms with Gasteiger partial charge in [-0.1, -0.05) is 48.1 Å². The van der Waals surface area contributed by atoms with E-state index in [1.54, 1.807) is 6.08 Å². The van der Waals surface area contributed by atoms with Crippen molar-refractivity contribution in [1.29, 1.82) is 0 Å². The Morgan fingerprint density at radius 1 is 1.58 bits per heavy atom. The van der Waals surface area contributed by atoms with E-state index in [2.05, 4.69) is 6.58 Å². The number of hydrogen-bond donors (Lipinski definition) is 0. The Morgan fingerprint density at radius 2 is 2.25 bits per heavy atom. The first-order valence-electron chi connectivity index (χ1n) is 3.52. The van der Waals surface area contributed by atoms with Crippen molar-refractivity contribution in [3.05, 3.63) is 34.9 Å². The van der Waals surface area contributed by atoms with Crippen LogP contribution in [0.5, 0.6) is 0 Å². The number of rotatable bonds is 2. The van der Waals surface area contributed by atoms with Crippen LogP contribution in [-0.2, 0) is 0 Å². The van der Waals surface area contributed by atoms with E-state index in [0.29, 0.717) is 16.5 Å². The van der Waals surface area contributed by atoms with Gasteiger partial charge in [-0.05, 0) is 18.6 Å². The summed E-state index contributed by atoms with van der Waals surface area (Å²) in [6.45, 7) is 3.62. The monoisotopic (exact) mass is 218 g/mol. The third-order valence-corrected chi connectivity index (χ3v) is 2.42. The molecule has 0 amide bonds. The van der Waals surface area contributed by atoms with Gasteiger partial charge in [-0.25, -0.2) is 0 Å². The van der Waals surface area contributed by atoms with Crippen molar-refractivity contribution in [1.82, 2.24) is 0 Å². The molecule has 1 unspecified atom stereocenters. The second-order valence-electron chi connectivity index (χ2n) is 2.62. The van der Waals surface area contributed by atoms with Crippen LogP contribution in [0, 0.1) is 5.92 Å². The first-order chi connectivity index (χ1) is 5.59.